The Kier molecular flexibility index (Phi) is 6.65. The lowest BCUT2D eigenvalue weighted by molar-refractivity contribution is 0.0438. The van der Waals surface area contributed by atoms with E-state index in [-0.39, 0.29) is 35.1 Å². The molecule has 0 spiro atoms. The lowest BCUT2D eigenvalue weighted by atomic mass is 10.2. The summed E-state index contributed by atoms with van der Waals surface area (Å²) in [7, 11) is -2.60. The van der Waals surface area contributed by atoms with Crippen molar-refractivity contribution in [3.63, 3.8) is 0 Å². The summed E-state index contributed by atoms with van der Waals surface area (Å²) in [5.41, 5.74) is 0.874. The molecule has 8 nitrogen and oxygen atoms in total. The highest BCUT2D eigenvalue weighted by molar-refractivity contribution is 7.89. The number of benzene rings is 2. The molecule has 0 amide bonds. The van der Waals surface area contributed by atoms with E-state index in [0.717, 1.165) is 5.56 Å². The first-order chi connectivity index (χ1) is 14.4. The van der Waals surface area contributed by atoms with Gasteiger partial charge in [-0.05, 0) is 35.9 Å². The van der Waals surface area contributed by atoms with Crippen LogP contribution >= 0.6 is 0 Å². The van der Waals surface area contributed by atoms with Crippen LogP contribution in [0.4, 0.5) is 0 Å². The largest absolute Gasteiger partial charge is 0.463 e. The van der Waals surface area contributed by atoms with Crippen molar-refractivity contribution < 1.29 is 31.9 Å². The molecule has 30 heavy (non-hydrogen) atoms. The summed E-state index contributed by atoms with van der Waals surface area (Å²) in [5, 5.41) is 0. The summed E-state index contributed by atoms with van der Waals surface area (Å²) < 4.78 is 42.5. The van der Waals surface area contributed by atoms with Gasteiger partial charge in [0.2, 0.25) is 15.8 Å². The summed E-state index contributed by atoms with van der Waals surface area (Å²) in [6.45, 7) is -0.0993. The van der Waals surface area contributed by atoms with Gasteiger partial charge in [0, 0.05) is 6.54 Å². The number of carbonyl (C=O) groups is 2. The Balaban J connectivity index is 1.64. The molecule has 0 radical (unpaired) electrons. The van der Waals surface area contributed by atoms with Gasteiger partial charge in [-0.1, -0.05) is 36.4 Å². The van der Waals surface area contributed by atoms with E-state index in [2.05, 4.69) is 9.46 Å². The van der Waals surface area contributed by atoms with E-state index >= 15 is 0 Å². The van der Waals surface area contributed by atoms with E-state index < -0.39 is 22.0 Å². The highest BCUT2D eigenvalue weighted by Gasteiger charge is 2.18. The predicted octanol–water partition coefficient (Wildman–Crippen LogP) is 2.90. The van der Waals surface area contributed by atoms with Crippen molar-refractivity contribution in [1.82, 2.24) is 4.72 Å². The average Bonchev–Trinajstić information content (AvgIpc) is 3.25. The Bertz CT molecular complexity index is 1140. The standard InChI is InChI=1S/C21H19NO7S/c1-27-21(24)19-11-10-17(29-19)14-28-20(23)16-8-5-9-18(12-16)30(25,26)22-13-15-6-3-2-4-7-15/h2-12,22H,13-14H2,1H3. The summed E-state index contributed by atoms with van der Waals surface area (Å²) in [6, 6.07) is 17.5. The molecule has 0 saturated carbocycles. The molecule has 1 N–H and O–H groups in total. The van der Waals surface area contributed by atoms with Crippen LogP contribution in [-0.4, -0.2) is 27.5 Å². The fourth-order valence-electron chi connectivity index (χ4n) is 2.53. The fraction of sp³-hybridized carbons (Fsp3) is 0.143. The molecule has 0 atom stereocenters. The number of carbonyl (C=O) groups excluding carboxylic acids is 2. The number of sulfonamides is 1. The first-order valence-corrected chi connectivity index (χ1v) is 10.3. The van der Waals surface area contributed by atoms with Crippen molar-refractivity contribution in [1.29, 1.82) is 0 Å². The maximum Gasteiger partial charge on any atom is 0.373 e. The second-order valence-corrected chi connectivity index (χ2v) is 7.94. The van der Waals surface area contributed by atoms with Gasteiger partial charge < -0.3 is 13.9 Å². The topological polar surface area (TPSA) is 112 Å². The van der Waals surface area contributed by atoms with E-state index in [1.54, 1.807) is 12.1 Å². The van der Waals surface area contributed by atoms with E-state index in [1.165, 1.54) is 43.5 Å². The molecule has 0 fully saturated rings. The quantitative estimate of drug-likeness (QED) is 0.548. The Morgan fingerprint density at radius 1 is 0.967 bits per heavy atom. The van der Waals surface area contributed by atoms with Gasteiger partial charge in [-0.3, -0.25) is 0 Å². The minimum atomic E-state index is -3.82. The molecule has 0 saturated heterocycles. The number of nitrogens with one attached hydrogen (secondary N) is 1. The number of furan rings is 1. The fourth-order valence-corrected chi connectivity index (χ4v) is 3.60. The van der Waals surface area contributed by atoms with Gasteiger partial charge in [-0.2, -0.15) is 0 Å². The first kappa shape index (κ1) is 21.3. The minimum Gasteiger partial charge on any atom is -0.463 e. The molecule has 0 bridgehead atoms. The van der Waals surface area contributed by atoms with Gasteiger partial charge >= 0.3 is 11.9 Å². The maximum atomic E-state index is 12.5. The molecule has 1 heterocycles. The van der Waals surface area contributed by atoms with Gasteiger partial charge in [0.15, 0.2) is 0 Å². The molecular formula is C21H19NO7S. The van der Waals surface area contributed by atoms with Crippen LogP contribution < -0.4 is 4.72 Å². The minimum absolute atomic E-state index is 0.0128. The first-order valence-electron chi connectivity index (χ1n) is 8.87. The van der Waals surface area contributed by atoms with Crippen LogP contribution in [0.5, 0.6) is 0 Å². The maximum absolute atomic E-state index is 12.5. The van der Waals surface area contributed by atoms with Gasteiger partial charge in [-0.15, -0.1) is 0 Å². The van der Waals surface area contributed by atoms with Gasteiger partial charge in [0.1, 0.15) is 12.4 Å². The van der Waals surface area contributed by atoms with Crippen LogP contribution in [0, 0.1) is 0 Å². The Morgan fingerprint density at radius 3 is 2.47 bits per heavy atom. The summed E-state index contributed by atoms with van der Waals surface area (Å²) >= 11 is 0. The van der Waals surface area contributed by atoms with Crippen molar-refractivity contribution in [2.75, 3.05) is 7.11 Å². The van der Waals surface area contributed by atoms with Crippen LogP contribution in [0.2, 0.25) is 0 Å². The molecule has 3 aromatic rings. The molecule has 0 aliphatic rings. The number of esters is 2. The molecule has 2 aromatic carbocycles. The van der Waals surface area contributed by atoms with Gasteiger partial charge in [0.25, 0.3) is 0 Å². The molecule has 3 rings (SSSR count). The summed E-state index contributed by atoms with van der Waals surface area (Å²) in [5.74, 6) is -1.14. The second kappa shape index (κ2) is 9.38. The highest BCUT2D eigenvalue weighted by atomic mass is 32.2. The third kappa shape index (κ3) is 5.34. The molecular weight excluding hydrogens is 410 g/mol. The lowest BCUT2D eigenvalue weighted by Crippen LogP contribution is -2.23. The van der Waals surface area contributed by atoms with Crippen LogP contribution in [0.1, 0.15) is 32.2 Å². The Hall–Kier alpha value is -3.43. The zero-order valence-electron chi connectivity index (χ0n) is 16.0. The van der Waals surface area contributed by atoms with Crippen molar-refractivity contribution in [2.45, 2.75) is 18.0 Å². The van der Waals surface area contributed by atoms with Crippen molar-refractivity contribution in [3.05, 3.63) is 89.4 Å². The van der Waals surface area contributed by atoms with Crippen molar-refractivity contribution in [2.24, 2.45) is 0 Å². The number of ether oxygens (including phenoxy) is 2. The third-order valence-electron chi connectivity index (χ3n) is 4.08. The Labute approximate surface area is 173 Å². The summed E-state index contributed by atoms with van der Waals surface area (Å²) in [6.07, 6.45) is 0. The molecule has 0 aliphatic carbocycles. The zero-order chi connectivity index (χ0) is 21.6. The number of rotatable bonds is 8. The molecule has 156 valence electrons. The Morgan fingerprint density at radius 2 is 1.73 bits per heavy atom. The molecule has 0 unspecified atom stereocenters. The number of methoxy groups -OCH3 is 1. The summed E-state index contributed by atoms with van der Waals surface area (Å²) in [4.78, 5) is 23.6. The van der Waals surface area contributed by atoms with E-state index in [0.29, 0.717) is 0 Å². The van der Waals surface area contributed by atoms with Crippen LogP contribution in [0.3, 0.4) is 0 Å². The van der Waals surface area contributed by atoms with Crippen LogP contribution in [0.25, 0.3) is 0 Å². The monoisotopic (exact) mass is 429 g/mol. The van der Waals surface area contributed by atoms with E-state index in [4.69, 9.17) is 9.15 Å². The smallest absolute Gasteiger partial charge is 0.373 e. The average molecular weight is 429 g/mol. The predicted molar refractivity (Wildman–Crippen MR) is 106 cm³/mol. The SMILES string of the molecule is COC(=O)c1ccc(COC(=O)c2cccc(S(=O)(=O)NCc3ccccc3)c2)o1. The number of hydrogen-bond donors (Lipinski definition) is 1. The second-order valence-electron chi connectivity index (χ2n) is 6.17. The van der Waals surface area contributed by atoms with Gasteiger partial charge in [-0.25, -0.2) is 22.7 Å². The van der Waals surface area contributed by atoms with Crippen molar-refractivity contribution in [3.8, 4) is 0 Å². The van der Waals surface area contributed by atoms with Crippen LogP contribution in [-0.2, 0) is 32.6 Å². The van der Waals surface area contributed by atoms with Gasteiger partial charge in [0.05, 0.1) is 17.6 Å². The lowest BCUT2D eigenvalue weighted by Gasteiger charge is -2.08. The normalized spacial score (nSPS) is 11.1. The van der Waals surface area contributed by atoms with E-state index in [1.807, 2.05) is 18.2 Å². The molecule has 0 aliphatic heterocycles. The van der Waals surface area contributed by atoms with Crippen LogP contribution in [0.15, 0.2) is 76.0 Å². The third-order valence-corrected chi connectivity index (χ3v) is 5.48. The molecule has 1 aromatic heterocycles. The van der Waals surface area contributed by atoms with E-state index in [9.17, 15) is 18.0 Å². The van der Waals surface area contributed by atoms with Crippen molar-refractivity contribution >= 4 is 22.0 Å². The molecule has 9 heteroatoms. The highest BCUT2D eigenvalue weighted by Crippen LogP contribution is 2.15. The number of hydrogen-bond acceptors (Lipinski definition) is 7. The zero-order valence-corrected chi connectivity index (χ0v) is 16.8.